The third-order valence-corrected chi connectivity index (χ3v) is 6.78. The smallest absolute Gasteiger partial charge is 0.251 e. The van der Waals surface area contributed by atoms with E-state index in [1.807, 2.05) is 38.1 Å². The van der Waals surface area contributed by atoms with Crippen molar-refractivity contribution >= 4 is 23.4 Å². The highest BCUT2D eigenvalue weighted by atomic mass is 35.5. The van der Waals surface area contributed by atoms with Gasteiger partial charge in [-0.2, -0.15) is 0 Å². The summed E-state index contributed by atoms with van der Waals surface area (Å²) in [7, 11) is 1.78. The molecule has 0 bridgehead atoms. The molecule has 3 rings (SSSR count). The van der Waals surface area contributed by atoms with E-state index in [-0.39, 0.29) is 23.8 Å². The van der Waals surface area contributed by atoms with Gasteiger partial charge in [-0.3, -0.25) is 9.59 Å². The molecule has 0 radical (unpaired) electrons. The van der Waals surface area contributed by atoms with Crippen molar-refractivity contribution in [1.29, 1.82) is 0 Å². The van der Waals surface area contributed by atoms with Crippen molar-refractivity contribution in [3.63, 3.8) is 0 Å². The number of aryl methyl sites for hydroxylation is 1. The fraction of sp³-hybridized carbons (Fsp3) is 0.667. The summed E-state index contributed by atoms with van der Waals surface area (Å²) in [6.07, 6.45) is 7.87. The van der Waals surface area contributed by atoms with Crippen LogP contribution in [0.4, 0.5) is 0 Å². The second-order valence-electron chi connectivity index (χ2n) is 9.10. The maximum absolute atomic E-state index is 13.1. The van der Waals surface area contributed by atoms with Crippen LogP contribution in [0, 0.1) is 5.92 Å². The third kappa shape index (κ3) is 6.21. The van der Waals surface area contributed by atoms with Gasteiger partial charge in [-0.05, 0) is 43.4 Å². The topological polar surface area (TPSA) is 55.9 Å². The van der Waals surface area contributed by atoms with E-state index in [9.17, 15) is 9.59 Å². The molecule has 31 heavy (non-hydrogen) atoms. The zero-order valence-electron chi connectivity index (χ0n) is 19.1. The van der Waals surface area contributed by atoms with E-state index in [1.54, 1.807) is 12.2 Å². The molecule has 172 valence electrons. The number of rotatable bonds is 8. The Morgan fingerprint density at radius 1 is 1.10 bits per heavy atom. The molecular formula is C24H37ClN4O2. The summed E-state index contributed by atoms with van der Waals surface area (Å²) >= 11 is 5.95. The number of hydrogen-bond acceptors (Lipinski definition) is 4. The lowest BCUT2D eigenvalue weighted by molar-refractivity contribution is -0.155. The maximum Gasteiger partial charge on any atom is 0.251 e. The van der Waals surface area contributed by atoms with E-state index < -0.39 is 0 Å². The Bertz CT molecular complexity index is 734. The molecule has 6 nitrogen and oxygen atoms in total. The van der Waals surface area contributed by atoms with Crippen molar-refractivity contribution in [2.45, 2.75) is 77.3 Å². The van der Waals surface area contributed by atoms with Gasteiger partial charge in [0.15, 0.2) is 0 Å². The Balaban J connectivity index is 1.62. The van der Waals surface area contributed by atoms with Crippen LogP contribution in [0.1, 0.15) is 64.4 Å². The highest BCUT2D eigenvalue weighted by Crippen LogP contribution is 2.29. The second kappa shape index (κ2) is 11.3. The van der Waals surface area contributed by atoms with Crippen LogP contribution in [0.15, 0.2) is 24.3 Å². The third-order valence-electron chi connectivity index (χ3n) is 6.52. The first kappa shape index (κ1) is 24.0. The molecule has 1 saturated carbocycles. The highest BCUT2D eigenvalue weighted by molar-refractivity contribution is 6.30. The Morgan fingerprint density at radius 2 is 1.77 bits per heavy atom. The quantitative estimate of drug-likeness (QED) is 0.610. The van der Waals surface area contributed by atoms with Crippen molar-refractivity contribution < 1.29 is 9.59 Å². The molecule has 2 fully saturated rings. The Morgan fingerprint density at radius 3 is 2.39 bits per heavy atom. The SMILES string of the molecule is CNN(C(=O)CCc1ccc(Cl)cc1)N1CC[C@H](N(C(=O)C(C)C)C2CCCCC2)C1. The minimum absolute atomic E-state index is 0.00242. The maximum atomic E-state index is 13.1. The number of hydrogen-bond donors (Lipinski definition) is 1. The van der Waals surface area contributed by atoms with Crippen molar-refractivity contribution in [3.8, 4) is 0 Å². The summed E-state index contributed by atoms with van der Waals surface area (Å²) in [5.41, 5.74) is 4.16. The number of nitrogens with zero attached hydrogens (tertiary/aromatic N) is 3. The van der Waals surface area contributed by atoms with E-state index in [1.165, 1.54) is 19.3 Å². The molecule has 1 aliphatic heterocycles. The van der Waals surface area contributed by atoms with Crippen molar-refractivity contribution in [2.24, 2.45) is 5.92 Å². The van der Waals surface area contributed by atoms with Gasteiger partial charge in [0.2, 0.25) is 5.91 Å². The van der Waals surface area contributed by atoms with E-state index in [0.717, 1.165) is 31.4 Å². The minimum Gasteiger partial charge on any atom is -0.335 e. The average molecular weight is 449 g/mol. The molecule has 2 amide bonds. The number of nitrogens with one attached hydrogen (secondary N) is 1. The number of amides is 2. The molecule has 0 aromatic heterocycles. The van der Waals surface area contributed by atoms with Crippen LogP contribution < -0.4 is 5.43 Å². The molecule has 1 aliphatic carbocycles. The standard InChI is InChI=1S/C24H37ClN4O2/c1-18(2)24(31)28(21-7-5-4-6-8-21)22-15-16-27(17-22)29(26-3)23(30)14-11-19-9-12-20(25)13-10-19/h9-10,12-13,18,21-22,26H,4-8,11,14-17H2,1-3H3/t22-/m0/s1. The van der Waals surface area contributed by atoms with Crippen LogP contribution in [0.5, 0.6) is 0 Å². The lowest BCUT2D eigenvalue weighted by Crippen LogP contribution is -2.55. The number of hydrazine groups is 2. The van der Waals surface area contributed by atoms with Crippen LogP contribution in [0.2, 0.25) is 5.02 Å². The molecule has 1 heterocycles. The Kier molecular flexibility index (Phi) is 8.76. The Hall–Kier alpha value is -1.63. The van der Waals surface area contributed by atoms with Gasteiger partial charge in [-0.1, -0.05) is 56.8 Å². The number of carbonyl (C=O) groups is 2. The molecule has 0 spiro atoms. The van der Waals surface area contributed by atoms with Gasteiger partial charge in [0.25, 0.3) is 5.91 Å². The van der Waals surface area contributed by atoms with Crippen molar-refractivity contribution in [1.82, 2.24) is 20.5 Å². The zero-order valence-corrected chi connectivity index (χ0v) is 19.9. The van der Waals surface area contributed by atoms with E-state index in [2.05, 4.69) is 15.3 Å². The van der Waals surface area contributed by atoms with E-state index >= 15 is 0 Å². The van der Waals surface area contributed by atoms with Gasteiger partial charge in [-0.25, -0.2) is 15.6 Å². The van der Waals surface area contributed by atoms with Crippen LogP contribution >= 0.6 is 11.6 Å². The number of benzene rings is 1. The minimum atomic E-state index is -0.00242. The Labute approximate surface area is 191 Å². The highest BCUT2D eigenvalue weighted by Gasteiger charge is 2.38. The number of halogens is 1. The molecule has 1 aromatic rings. The lowest BCUT2D eigenvalue weighted by Gasteiger charge is -2.40. The first-order chi connectivity index (χ1) is 14.9. The fourth-order valence-corrected chi connectivity index (χ4v) is 5.01. The summed E-state index contributed by atoms with van der Waals surface area (Å²) in [6.45, 7) is 5.45. The molecular weight excluding hydrogens is 412 g/mol. The predicted octanol–water partition coefficient (Wildman–Crippen LogP) is 4.04. The van der Waals surface area contributed by atoms with E-state index in [4.69, 9.17) is 11.6 Å². The van der Waals surface area contributed by atoms with Gasteiger partial charge in [0, 0.05) is 49.6 Å². The zero-order chi connectivity index (χ0) is 22.4. The van der Waals surface area contributed by atoms with Gasteiger partial charge in [0.05, 0.1) is 0 Å². The van der Waals surface area contributed by atoms with Gasteiger partial charge in [0.1, 0.15) is 0 Å². The number of carbonyl (C=O) groups excluding carboxylic acids is 2. The largest absolute Gasteiger partial charge is 0.335 e. The summed E-state index contributed by atoms with van der Waals surface area (Å²) in [6, 6.07) is 8.15. The first-order valence-corrected chi connectivity index (χ1v) is 12.1. The van der Waals surface area contributed by atoms with Crippen LogP contribution in [0.3, 0.4) is 0 Å². The second-order valence-corrected chi connectivity index (χ2v) is 9.54. The molecule has 0 unspecified atom stereocenters. The molecule has 7 heteroatoms. The molecule has 1 saturated heterocycles. The summed E-state index contributed by atoms with van der Waals surface area (Å²) in [4.78, 5) is 28.2. The van der Waals surface area contributed by atoms with Crippen LogP contribution in [-0.2, 0) is 16.0 Å². The van der Waals surface area contributed by atoms with Crippen LogP contribution in [0.25, 0.3) is 0 Å². The monoisotopic (exact) mass is 448 g/mol. The average Bonchev–Trinajstić information content (AvgIpc) is 3.24. The summed E-state index contributed by atoms with van der Waals surface area (Å²) < 4.78 is 0. The lowest BCUT2D eigenvalue weighted by atomic mass is 9.92. The molecule has 1 atom stereocenters. The summed E-state index contributed by atoms with van der Waals surface area (Å²) in [5, 5.41) is 4.42. The van der Waals surface area contributed by atoms with Crippen molar-refractivity contribution in [3.05, 3.63) is 34.9 Å². The molecule has 1 aromatic carbocycles. The van der Waals surface area contributed by atoms with Crippen LogP contribution in [-0.4, -0.2) is 59.1 Å². The van der Waals surface area contributed by atoms with Gasteiger partial charge >= 0.3 is 0 Å². The van der Waals surface area contributed by atoms with Crippen molar-refractivity contribution in [2.75, 3.05) is 20.1 Å². The van der Waals surface area contributed by atoms with Gasteiger partial charge in [-0.15, -0.1) is 0 Å². The molecule has 1 N–H and O–H groups in total. The predicted molar refractivity (Wildman–Crippen MR) is 124 cm³/mol. The first-order valence-electron chi connectivity index (χ1n) is 11.7. The van der Waals surface area contributed by atoms with Gasteiger partial charge < -0.3 is 4.90 Å². The van der Waals surface area contributed by atoms with E-state index in [0.29, 0.717) is 30.5 Å². The molecule has 2 aliphatic rings. The fourth-order valence-electron chi connectivity index (χ4n) is 4.88. The summed E-state index contributed by atoms with van der Waals surface area (Å²) in [5.74, 6) is 0.290. The normalized spacial score (nSPS) is 20.2.